The van der Waals surface area contributed by atoms with Crippen LogP contribution >= 0.6 is 15.9 Å². The van der Waals surface area contributed by atoms with Gasteiger partial charge in [-0.2, -0.15) is 0 Å². The molecule has 124 valence electrons. The van der Waals surface area contributed by atoms with Crippen molar-refractivity contribution in [3.8, 4) is 0 Å². The summed E-state index contributed by atoms with van der Waals surface area (Å²) in [6, 6.07) is 16.2. The minimum absolute atomic E-state index is 0.203. The van der Waals surface area contributed by atoms with Crippen molar-refractivity contribution in [2.75, 3.05) is 5.32 Å². The first-order chi connectivity index (χ1) is 11.4. The number of halogens is 1. The Morgan fingerprint density at radius 1 is 1.04 bits per heavy atom. The highest BCUT2D eigenvalue weighted by Crippen LogP contribution is 2.50. The number of nitrogens with one attached hydrogen (secondary N) is 1. The van der Waals surface area contributed by atoms with Gasteiger partial charge in [0.2, 0.25) is 0 Å². The second-order valence-corrected chi connectivity index (χ2v) is 8.99. The van der Waals surface area contributed by atoms with Crippen LogP contribution in [0, 0.1) is 5.92 Å². The van der Waals surface area contributed by atoms with E-state index in [2.05, 4.69) is 96.6 Å². The highest BCUT2D eigenvalue weighted by molar-refractivity contribution is 9.10. The summed E-state index contributed by atoms with van der Waals surface area (Å²) in [5.41, 5.74) is 5.69. The summed E-state index contributed by atoms with van der Waals surface area (Å²) in [5.74, 6) is 1.12. The molecule has 0 bridgehead atoms. The zero-order valence-corrected chi connectivity index (χ0v) is 16.1. The number of anilines is 1. The smallest absolute Gasteiger partial charge is 0.0553 e. The minimum Gasteiger partial charge on any atom is -0.378 e. The second-order valence-electron chi connectivity index (χ2n) is 8.08. The second kappa shape index (κ2) is 5.77. The van der Waals surface area contributed by atoms with Crippen molar-refractivity contribution in [1.29, 1.82) is 0 Å². The summed E-state index contributed by atoms with van der Waals surface area (Å²) in [4.78, 5) is 0. The van der Waals surface area contributed by atoms with E-state index < -0.39 is 0 Å². The van der Waals surface area contributed by atoms with E-state index in [4.69, 9.17) is 0 Å². The summed E-state index contributed by atoms with van der Waals surface area (Å²) in [5, 5.41) is 3.81. The molecule has 0 amide bonds. The van der Waals surface area contributed by atoms with Crippen molar-refractivity contribution >= 4 is 21.6 Å². The van der Waals surface area contributed by atoms with Gasteiger partial charge in [0.05, 0.1) is 6.04 Å². The van der Waals surface area contributed by atoms with Crippen LogP contribution in [0.4, 0.5) is 5.69 Å². The van der Waals surface area contributed by atoms with E-state index >= 15 is 0 Å². The summed E-state index contributed by atoms with van der Waals surface area (Å²) >= 11 is 3.62. The Morgan fingerprint density at radius 2 is 1.79 bits per heavy atom. The molecule has 2 heteroatoms. The van der Waals surface area contributed by atoms with E-state index in [1.165, 1.54) is 22.4 Å². The first kappa shape index (κ1) is 16.0. The molecule has 1 aliphatic heterocycles. The zero-order chi connectivity index (χ0) is 16.9. The number of allylic oxidation sites excluding steroid dienone is 2. The van der Waals surface area contributed by atoms with Crippen molar-refractivity contribution in [3.05, 3.63) is 75.8 Å². The van der Waals surface area contributed by atoms with Crippen LogP contribution in [0.1, 0.15) is 55.8 Å². The normalized spacial score (nSPS) is 25.1. The van der Waals surface area contributed by atoms with Crippen molar-refractivity contribution in [3.63, 3.8) is 0 Å². The average Bonchev–Trinajstić information content (AvgIpc) is 3.03. The predicted octanol–water partition coefficient (Wildman–Crippen LogP) is 6.57. The van der Waals surface area contributed by atoms with Crippen LogP contribution in [0.3, 0.4) is 0 Å². The number of rotatable bonds is 1. The molecule has 0 unspecified atom stereocenters. The third kappa shape index (κ3) is 2.71. The first-order valence-electron chi connectivity index (χ1n) is 8.76. The molecule has 3 atom stereocenters. The highest BCUT2D eigenvalue weighted by Gasteiger charge is 2.37. The summed E-state index contributed by atoms with van der Waals surface area (Å²) in [6.07, 6.45) is 5.89. The molecule has 4 rings (SSSR count). The fourth-order valence-corrected chi connectivity index (χ4v) is 4.46. The Bertz CT molecular complexity index is 783. The van der Waals surface area contributed by atoms with E-state index in [1.807, 2.05) is 0 Å². The monoisotopic (exact) mass is 381 g/mol. The Balaban J connectivity index is 1.71. The molecule has 0 saturated heterocycles. The van der Waals surface area contributed by atoms with Crippen molar-refractivity contribution < 1.29 is 0 Å². The van der Waals surface area contributed by atoms with E-state index in [0.717, 1.165) is 10.9 Å². The van der Waals surface area contributed by atoms with Crippen molar-refractivity contribution in [2.45, 2.75) is 44.6 Å². The van der Waals surface area contributed by atoms with Crippen LogP contribution in [0.25, 0.3) is 0 Å². The molecule has 1 N–H and O–H groups in total. The fourth-order valence-electron chi connectivity index (χ4n) is 4.09. The third-order valence-corrected chi connectivity index (χ3v) is 5.95. The SMILES string of the molecule is CC(C)(C)c1ccc([C@@H]2Nc3ccc(Br)cc3[C@@H]3C=CC[C@@H]32)cc1. The molecule has 1 nitrogen and oxygen atoms in total. The Kier molecular flexibility index (Phi) is 3.84. The largest absolute Gasteiger partial charge is 0.378 e. The van der Waals surface area contributed by atoms with Crippen LogP contribution < -0.4 is 5.32 Å². The molecular formula is C22H24BrN. The predicted molar refractivity (Wildman–Crippen MR) is 106 cm³/mol. The summed E-state index contributed by atoms with van der Waals surface area (Å²) in [6.45, 7) is 6.81. The van der Waals surface area contributed by atoms with Gasteiger partial charge in [0.1, 0.15) is 0 Å². The van der Waals surface area contributed by atoms with Gasteiger partial charge in [-0.25, -0.2) is 0 Å². The van der Waals surface area contributed by atoms with Gasteiger partial charge in [0.15, 0.2) is 0 Å². The summed E-state index contributed by atoms with van der Waals surface area (Å²) in [7, 11) is 0. The number of hydrogen-bond donors (Lipinski definition) is 1. The van der Waals surface area contributed by atoms with Gasteiger partial charge in [-0.3, -0.25) is 0 Å². The molecule has 2 aromatic rings. The van der Waals surface area contributed by atoms with Gasteiger partial charge in [-0.05, 0) is 52.6 Å². The topological polar surface area (TPSA) is 12.0 Å². The molecule has 0 fully saturated rings. The maximum Gasteiger partial charge on any atom is 0.0553 e. The standard InChI is InChI=1S/C22H24BrN/c1-22(2,3)15-9-7-14(8-10-15)21-18-6-4-5-17(18)19-13-16(23)11-12-20(19)24-21/h4-5,7-13,17-18,21,24H,6H2,1-3H3/t17-,18+,21+/m1/s1. The molecular weight excluding hydrogens is 358 g/mol. The van der Waals surface area contributed by atoms with E-state index in [0.29, 0.717) is 17.9 Å². The molecule has 0 saturated carbocycles. The van der Waals surface area contributed by atoms with Gasteiger partial charge >= 0.3 is 0 Å². The van der Waals surface area contributed by atoms with Crippen LogP contribution in [0.15, 0.2) is 59.1 Å². The molecule has 2 aromatic carbocycles. The van der Waals surface area contributed by atoms with Gasteiger partial charge < -0.3 is 5.32 Å². The van der Waals surface area contributed by atoms with E-state index in [9.17, 15) is 0 Å². The highest BCUT2D eigenvalue weighted by atomic mass is 79.9. The Hall–Kier alpha value is -1.54. The number of benzene rings is 2. The third-order valence-electron chi connectivity index (χ3n) is 5.46. The Morgan fingerprint density at radius 3 is 2.50 bits per heavy atom. The van der Waals surface area contributed by atoms with Crippen LogP contribution in [-0.4, -0.2) is 0 Å². The average molecular weight is 382 g/mol. The lowest BCUT2D eigenvalue weighted by molar-refractivity contribution is 0.425. The number of fused-ring (bicyclic) bond motifs is 3. The maximum atomic E-state index is 3.81. The molecule has 2 aliphatic rings. The molecule has 0 spiro atoms. The van der Waals surface area contributed by atoms with Crippen LogP contribution in [-0.2, 0) is 5.41 Å². The van der Waals surface area contributed by atoms with E-state index in [1.54, 1.807) is 0 Å². The quantitative estimate of drug-likeness (QED) is 0.550. The van der Waals surface area contributed by atoms with Gasteiger partial charge in [0, 0.05) is 16.1 Å². The molecule has 24 heavy (non-hydrogen) atoms. The lowest BCUT2D eigenvalue weighted by Crippen LogP contribution is -2.29. The van der Waals surface area contributed by atoms with Crippen LogP contribution in [0.2, 0.25) is 0 Å². The fraction of sp³-hybridized carbons (Fsp3) is 0.364. The minimum atomic E-state index is 0.203. The lowest BCUT2D eigenvalue weighted by Gasteiger charge is -2.37. The van der Waals surface area contributed by atoms with Crippen molar-refractivity contribution in [1.82, 2.24) is 0 Å². The van der Waals surface area contributed by atoms with Gasteiger partial charge in [-0.15, -0.1) is 0 Å². The van der Waals surface area contributed by atoms with Crippen molar-refractivity contribution in [2.24, 2.45) is 5.92 Å². The maximum absolute atomic E-state index is 3.81. The molecule has 1 aliphatic carbocycles. The van der Waals surface area contributed by atoms with E-state index in [-0.39, 0.29) is 5.41 Å². The van der Waals surface area contributed by atoms with Gasteiger partial charge in [0.25, 0.3) is 0 Å². The summed E-state index contributed by atoms with van der Waals surface area (Å²) < 4.78 is 1.16. The number of hydrogen-bond acceptors (Lipinski definition) is 1. The zero-order valence-electron chi connectivity index (χ0n) is 14.5. The lowest BCUT2D eigenvalue weighted by atomic mass is 9.76. The van der Waals surface area contributed by atoms with Gasteiger partial charge in [-0.1, -0.05) is 73.1 Å². The first-order valence-corrected chi connectivity index (χ1v) is 9.56. The molecule has 1 heterocycles. The molecule has 0 radical (unpaired) electrons. The van der Waals surface area contributed by atoms with Crippen LogP contribution in [0.5, 0.6) is 0 Å². The Labute approximate surface area is 153 Å². The molecule has 0 aromatic heterocycles.